The third-order valence-electron chi connectivity index (χ3n) is 2.99. The normalized spacial score (nSPS) is 10.1. The molecular formula is C15H15BrN4O. The molecule has 108 valence electrons. The molecule has 0 aliphatic carbocycles. The average molecular weight is 347 g/mol. The monoisotopic (exact) mass is 346 g/mol. The van der Waals surface area contributed by atoms with Gasteiger partial charge in [-0.25, -0.2) is 4.68 Å². The van der Waals surface area contributed by atoms with Gasteiger partial charge in [0, 0.05) is 13.1 Å². The lowest BCUT2D eigenvalue weighted by Crippen LogP contribution is -2.24. The summed E-state index contributed by atoms with van der Waals surface area (Å²) in [4.78, 5) is 12.1. The van der Waals surface area contributed by atoms with E-state index in [1.807, 2.05) is 19.1 Å². The number of aromatic nitrogens is 2. The number of hydrogen-bond acceptors (Lipinski definition) is 4. The van der Waals surface area contributed by atoms with Crippen LogP contribution in [0.3, 0.4) is 0 Å². The van der Waals surface area contributed by atoms with Gasteiger partial charge in [-0.3, -0.25) is 4.79 Å². The van der Waals surface area contributed by atoms with E-state index in [9.17, 15) is 4.79 Å². The summed E-state index contributed by atoms with van der Waals surface area (Å²) in [6.45, 7) is 3.16. The van der Waals surface area contributed by atoms with Crippen molar-refractivity contribution < 1.29 is 0 Å². The first-order valence-electron chi connectivity index (χ1n) is 6.64. The smallest absolute Gasteiger partial charge is 0.283 e. The summed E-state index contributed by atoms with van der Waals surface area (Å²) in [5.74, 6) is 0. The summed E-state index contributed by atoms with van der Waals surface area (Å²) in [5, 5.41) is 16.1. The van der Waals surface area contributed by atoms with Gasteiger partial charge in [-0.15, -0.1) is 0 Å². The lowest BCUT2D eigenvalue weighted by Gasteiger charge is -2.10. The van der Waals surface area contributed by atoms with Crippen LogP contribution < -0.4 is 10.9 Å². The molecule has 0 saturated heterocycles. The van der Waals surface area contributed by atoms with Gasteiger partial charge >= 0.3 is 0 Å². The van der Waals surface area contributed by atoms with E-state index in [-0.39, 0.29) is 5.56 Å². The molecule has 1 N–H and O–H groups in total. The van der Waals surface area contributed by atoms with Crippen molar-refractivity contribution in [1.82, 2.24) is 9.78 Å². The van der Waals surface area contributed by atoms with E-state index in [4.69, 9.17) is 5.26 Å². The number of halogens is 1. The molecule has 2 aromatic rings. The first-order valence-corrected chi connectivity index (χ1v) is 7.43. The van der Waals surface area contributed by atoms with Gasteiger partial charge in [-0.1, -0.05) is 19.1 Å². The summed E-state index contributed by atoms with van der Waals surface area (Å²) in [6.07, 6.45) is 2.50. The Labute approximate surface area is 131 Å². The Bertz CT molecular complexity index is 716. The van der Waals surface area contributed by atoms with Crippen LogP contribution in [-0.2, 0) is 13.1 Å². The SMILES string of the molecule is CCCn1ncc(NCc2ccc(C#N)cc2)c(Br)c1=O. The van der Waals surface area contributed by atoms with Crippen molar-refractivity contribution in [3.05, 3.63) is 56.4 Å². The molecule has 0 aliphatic rings. The number of hydrogen-bond donors (Lipinski definition) is 1. The molecule has 0 bridgehead atoms. The molecule has 0 saturated carbocycles. The molecule has 1 aromatic carbocycles. The molecule has 0 spiro atoms. The minimum Gasteiger partial charge on any atom is -0.379 e. The second-order valence-corrected chi connectivity index (χ2v) is 5.36. The van der Waals surface area contributed by atoms with E-state index in [1.165, 1.54) is 4.68 Å². The molecule has 0 fully saturated rings. The Morgan fingerprint density at radius 1 is 1.38 bits per heavy atom. The summed E-state index contributed by atoms with van der Waals surface area (Å²) in [5.41, 5.74) is 2.18. The van der Waals surface area contributed by atoms with E-state index in [0.717, 1.165) is 12.0 Å². The highest BCUT2D eigenvalue weighted by Crippen LogP contribution is 2.17. The molecule has 1 heterocycles. The lowest BCUT2D eigenvalue weighted by atomic mass is 10.1. The fraction of sp³-hybridized carbons (Fsp3) is 0.267. The molecule has 0 amide bonds. The molecule has 0 atom stereocenters. The number of benzene rings is 1. The Morgan fingerprint density at radius 3 is 2.71 bits per heavy atom. The van der Waals surface area contributed by atoms with Crippen molar-refractivity contribution in [3.63, 3.8) is 0 Å². The van der Waals surface area contributed by atoms with Crippen molar-refractivity contribution in [1.29, 1.82) is 5.26 Å². The molecule has 0 aliphatic heterocycles. The molecule has 1 aromatic heterocycles. The largest absolute Gasteiger partial charge is 0.379 e. The summed E-state index contributed by atoms with van der Waals surface area (Å²) in [6, 6.07) is 9.38. The maximum atomic E-state index is 12.1. The fourth-order valence-electron chi connectivity index (χ4n) is 1.85. The average Bonchev–Trinajstić information content (AvgIpc) is 2.52. The third-order valence-corrected chi connectivity index (χ3v) is 3.75. The Kier molecular flexibility index (Phi) is 5.12. The number of nitrogens with zero attached hydrogens (tertiary/aromatic N) is 3. The van der Waals surface area contributed by atoms with Crippen LogP contribution in [-0.4, -0.2) is 9.78 Å². The second kappa shape index (κ2) is 7.04. The zero-order valence-corrected chi connectivity index (χ0v) is 13.2. The predicted molar refractivity (Wildman–Crippen MR) is 85.0 cm³/mol. The first kappa shape index (κ1) is 15.3. The number of aryl methyl sites for hydroxylation is 1. The summed E-state index contributed by atoms with van der Waals surface area (Å²) < 4.78 is 1.93. The summed E-state index contributed by atoms with van der Waals surface area (Å²) >= 11 is 3.32. The minimum atomic E-state index is -0.137. The van der Waals surface area contributed by atoms with Crippen molar-refractivity contribution in [2.45, 2.75) is 26.4 Å². The maximum absolute atomic E-state index is 12.1. The third kappa shape index (κ3) is 3.70. The molecule has 2 rings (SSSR count). The Hall–Kier alpha value is -2.13. The van der Waals surface area contributed by atoms with Gasteiger partial charge in [-0.05, 0) is 40.0 Å². The molecular weight excluding hydrogens is 332 g/mol. The zero-order chi connectivity index (χ0) is 15.2. The van der Waals surface area contributed by atoms with Gasteiger partial charge in [0.05, 0.1) is 23.5 Å². The molecule has 0 unspecified atom stereocenters. The van der Waals surface area contributed by atoms with Gasteiger partial charge in [0.2, 0.25) is 0 Å². The number of nitrogens with one attached hydrogen (secondary N) is 1. The van der Waals surface area contributed by atoms with Crippen LogP contribution in [0.5, 0.6) is 0 Å². The van der Waals surface area contributed by atoms with E-state index in [1.54, 1.807) is 18.3 Å². The molecule has 0 radical (unpaired) electrons. The predicted octanol–water partition coefficient (Wildman–Crippen LogP) is 2.90. The van der Waals surface area contributed by atoms with Gasteiger partial charge in [-0.2, -0.15) is 10.4 Å². The van der Waals surface area contributed by atoms with Gasteiger partial charge in [0.1, 0.15) is 4.47 Å². The van der Waals surface area contributed by atoms with E-state index >= 15 is 0 Å². The van der Waals surface area contributed by atoms with Crippen molar-refractivity contribution in [3.8, 4) is 6.07 Å². The minimum absolute atomic E-state index is 0.137. The Balaban J connectivity index is 2.11. The van der Waals surface area contributed by atoms with Crippen LogP contribution in [0.15, 0.2) is 39.7 Å². The van der Waals surface area contributed by atoms with Crippen LogP contribution in [0, 0.1) is 11.3 Å². The van der Waals surface area contributed by atoms with Crippen LogP contribution >= 0.6 is 15.9 Å². The van der Waals surface area contributed by atoms with Crippen LogP contribution in [0.25, 0.3) is 0 Å². The maximum Gasteiger partial charge on any atom is 0.283 e. The topological polar surface area (TPSA) is 70.7 Å². The van der Waals surface area contributed by atoms with Crippen molar-refractivity contribution in [2.24, 2.45) is 0 Å². The van der Waals surface area contributed by atoms with E-state index in [2.05, 4.69) is 32.4 Å². The van der Waals surface area contributed by atoms with Gasteiger partial charge in [0.25, 0.3) is 5.56 Å². The second-order valence-electron chi connectivity index (χ2n) is 4.56. The van der Waals surface area contributed by atoms with Crippen molar-refractivity contribution >= 4 is 21.6 Å². The standard InChI is InChI=1S/C15H15BrN4O/c1-2-7-20-15(21)14(16)13(10-19-20)18-9-12-5-3-11(8-17)4-6-12/h3-6,10,18H,2,7,9H2,1H3. The van der Waals surface area contributed by atoms with E-state index < -0.39 is 0 Å². The van der Waals surface area contributed by atoms with Crippen LogP contribution in [0.2, 0.25) is 0 Å². The van der Waals surface area contributed by atoms with E-state index in [0.29, 0.717) is 28.8 Å². The Morgan fingerprint density at radius 2 is 2.10 bits per heavy atom. The van der Waals surface area contributed by atoms with Gasteiger partial charge in [0.15, 0.2) is 0 Å². The quantitative estimate of drug-likeness (QED) is 0.903. The highest BCUT2D eigenvalue weighted by molar-refractivity contribution is 9.10. The fourth-order valence-corrected chi connectivity index (χ4v) is 2.30. The number of nitriles is 1. The van der Waals surface area contributed by atoms with Crippen molar-refractivity contribution in [2.75, 3.05) is 5.32 Å². The number of rotatable bonds is 5. The van der Waals surface area contributed by atoms with Gasteiger partial charge < -0.3 is 5.32 Å². The van der Waals surface area contributed by atoms with Crippen LogP contribution in [0.1, 0.15) is 24.5 Å². The highest BCUT2D eigenvalue weighted by Gasteiger charge is 2.08. The highest BCUT2D eigenvalue weighted by atomic mass is 79.9. The molecule has 6 heteroatoms. The first-order chi connectivity index (χ1) is 10.2. The zero-order valence-electron chi connectivity index (χ0n) is 11.6. The molecule has 5 nitrogen and oxygen atoms in total. The molecule has 21 heavy (non-hydrogen) atoms. The summed E-state index contributed by atoms with van der Waals surface area (Å²) in [7, 11) is 0. The number of anilines is 1. The van der Waals surface area contributed by atoms with Crippen LogP contribution in [0.4, 0.5) is 5.69 Å². The lowest BCUT2D eigenvalue weighted by molar-refractivity contribution is 0.566.